The van der Waals surface area contributed by atoms with Crippen LogP contribution in [0.5, 0.6) is 0 Å². The molecule has 0 saturated heterocycles. The van der Waals surface area contributed by atoms with E-state index in [9.17, 15) is 5.11 Å². The lowest BCUT2D eigenvalue weighted by Gasteiger charge is -2.23. The Bertz CT molecular complexity index is 413. The Balaban J connectivity index is 2.68. The Morgan fingerprint density at radius 2 is 1.95 bits per heavy atom. The molecule has 114 valence electrons. The first kappa shape index (κ1) is 16.6. The van der Waals surface area contributed by atoms with Gasteiger partial charge in [-0.15, -0.1) is 0 Å². The lowest BCUT2D eigenvalue weighted by Crippen LogP contribution is -2.35. The van der Waals surface area contributed by atoms with Gasteiger partial charge in [0.1, 0.15) is 18.2 Å². The highest BCUT2D eigenvalue weighted by atomic mass is 16.5. The van der Waals surface area contributed by atoms with Crippen molar-refractivity contribution < 1.29 is 14.6 Å². The summed E-state index contributed by atoms with van der Waals surface area (Å²) in [7, 11) is 5.00. The van der Waals surface area contributed by atoms with Gasteiger partial charge in [-0.2, -0.15) is 0 Å². The van der Waals surface area contributed by atoms with Gasteiger partial charge in [0.2, 0.25) is 0 Å². The minimum absolute atomic E-state index is 0.338. The quantitative estimate of drug-likeness (QED) is 0.620. The van der Waals surface area contributed by atoms with Crippen molar-refractivity contribution in [2.75, 3.05) is 45.1 Å². The molecule has 7 heteroatoms. The summed E-state index contributed by atoms with van der Waals surface area (Å²) in [6.45, 7) is 2.98. The summed E-state index contributed by atoms with van der Waals surface area (Å²) in [5, 5.41) is 16.3. The highest BCUT2D eigenvalue weighted by molar-refractivity contribution is 5.47. The molecular weight excluding hydrogens is 260 g/mol. The summed E-state index contributed by atoms with van der Waals surface area (Å²) in [6.07, 6.45) is 0.547. The van der Waals surface area contributed by atoms with Crippen LogP contribution in [0.3, 0.4) is 0 Å². The number of rotatable bonds is 9. The van der Waals surface area contributed by atoms with Crippen LogP contribution in [0, 0.1) is 0 Å². The molecule has 0 radical (unpaired) electrons. The van der Waals surface area contributed by atoms with Crippen molar-refractivity contribution in [2.24, 2.45) is 0 Å². The van der Waals surface area contributed by atoms with Crippen LogP contribution >= 0.6 is 0 Å². The number of hydrogen-bond donors (Lipinski definition) is 3. The van der Waals surface area contributed by atoms with Crippen molar-refractivity contribution in [2.45, 2.75) is 25.6 Å². The second-order valence-electron chi connectivity index (χ2n) is 4.83. The first-order valence-corrected chi connectivity index (χ1v) is 6.50. The van der Waals surface area contributed by atoms with E-state index in [2.05, 4.69) is 20.6 Å². The fourth-order valence-corrected chi connectivity index (χ4v) is 1.60. The van der Waals surface area contributed by atoms with Crippen LogP contribution in [0.2, 0.25) is 0 Å². The first-order valence-electron chi connectivity index (χ1n) is 6.50. The molecular formula is C13H24N4O3. The fourth-order valence-electron chi connectivity index (χ4n) is 1.60. The van der Waals surface area contributed by atoms with Crippen LogP contribution < -0.4 is 10.6 Å². The van der Waals surface area contributed by atoms with E-state index in [0.717, 1.165) is 0 Å². The lowest BCUT2D eigenvalue weighted by atomic mass is 10.0. The fraction of sp³-hybridized carbons (Fsp3) is 0.692. The van der Waals surface area contributed by atoms with E-state index in [0.29, 0.717) is 43.6 Å². The average Bonchev–Trinajstić information content (AvgIpc) is 2.43. The highest BCUT2D eigenvalue weighted by Crippen LogP contribution is 2.14. The predicted molar refractivity (Wildman–Crippen MR) is 77.9 cm³/mol. The van der Waals surface area contributed by atoms with Crippen molar-refractivity contribution in [3.05, 3.63) is 11.9 Å². The van der Waals surface area contributed by atoms with Gasteiger partial charge in [0.25, 0.3) is 0 Å². The van der Waals surface area contributed by atoms with Gasteiger partial charge in [0, 0.05) is 46.9 Å². The molecule has 0 fully saturated rings. The van der Waals surface area contributed by atoms with Crippen LogP contribution in [0.15, 0.2) is 6.07 Å². The number of anilines is 2. The van der Waals surface area contributed by atoms with Gasteiger partial charge in [0.15, 0.2) is 5.82 Å². The normalized spacial score (nSPS) is 13.8. The highest BCUT2D eigenvalue weighted by Gasteiger charge is 2.20. The zero-order valence-corrected chi connectivity index (χ0v) is 12.6. The monoisotopic (exact) mass is 284 g/mol. The molecule has 1 aromatic rings. The van der Waals surface area contributed by atoms with Crippen LogP contribution in [-0.4, -0.2) is 55.1 Å². The second kappa shape index (κ2) is 7.98. The van der Waals surface area contributed by atoms with Gasteiger partial charge in [-0.1, -0.05) is 0 Å². The summed E-state index contributed by atoms with van der Waals surface area (Å²) >= 11 is 0. The Hall–Kier alpha value is -1.44. The van der Waals surface area contributed by atoms with Crippen LogP contribution in [0.1, 0.15) is 19.2 Å². The summed E-state index contributed by atoms with van der Waals surface area (Å²) < 4.78 is 10.0. The molecule has 1 rings (SSSR count). The second-order valence-corrected chi connectivity index (χ2v) is 4.83. The SMILES string of the molecule is CNc1cc(NCC(C)(O)CCOC)nc(COC)n1. The largest absolute Gasteiger partial charge is 0.388 e. The van der Waals surface area contributed by atoms with Gasteiger partial charge in [-0.05, 0) is 6.92 Å². The van der Waals surface area contributed by atoms with Crippen molar-refractivity contribution in [3.8, 4) is 0 Å². The molecule has 7 nitrogen and oxygen atoms in total. The number of ether oxygens (including phenoxy) is 2. The maximum atomic E-state index is 10.2. The van der Waals surface area contributed by atoms with E-state index in [1.54, 1.807) is 34.3 Å². The molecule has 1 atom stereocenters. The Labute approximate surface area is 119 Å². The molecule has 0 aliphatic carbocycles. The van der Waals surface area contributed by atoms with Crippen molar-refractivity contribution in [3.63, 3.8) is 0 Å². The van der Waals surface area contributed by atoms with E-state index in [-0.39, 0.29) is 0 Å². The summed E-state index contributed by atoms with van der Waals surface area (Å²) in [5.41, 5.74) is -0.859. The van der Waals surface area contributed by atoms with Crippen LogP contribution in [-0.2, 0) is 16.1 Å². The third-order valence-electron chi connectivity index (χ3n) is 2.80. The third kappa shape index (κ3) is 5.68. The van der Waals surface area contributed by atoms with E-state index >= 15 is 0 Å². The van der Waals surface area contributed by atoms with Gasteiger partial charge in [-0.3, -0.25) is 0 Å². The van der Waals surface area contributed by atoms with E-state index < -0.39 is 5.60 Å². The first-order chi connectivity index (χ1) is 9.50. The molecule has 0 aromatic carbocycles. The Morgan fingerprint density at radius 1 is 1.25 bits per heavy atom. The molecule has 0 aliphatic rings. The zero-order chi connectivity index (χ0) is 15.0. The Kier molecular flexibility index (Phi) is 6.63. The minimum atomic E-state index is -0.859. The molecule has 0 aliphatic heterocycles. The smallest absolute Gasteiger partial charge is 0.158 e. The van der Waals surface area contributed by atoms with Crippen molar-refractivity contribution in [1.82, 2.24) is 9.97 Å². The molecule has 0 amide bonds. The lowest BCUT2D eigenvalue weighted by molar-refractivity contribution is 0.0357. The zero-order valence-electron chi connectivity index (χ0n) is 12.6. The summed E-state index contributed by atoms with van der Waals surface area (Å²) in [6, 6.07) is 1.78. The molecule has 1 unspecified atom stereocenters. The third-order valence-corrected chi connectivity index (χ3v) is 2.80. The van der Waals surface area contributed by atoms with E-state index in [1.165, 1.54) is 0 Å². The maximum Gasteiger partial charge on any atom is 0.158 e. The van der Waals surface area contributed by atoms with Gasteiger partial charge >= 0.3 is 0 Å². The maximum absolute atomic E-state index is 10.2. The van der Waals surface area contributed by atoms with E-state index in [4.69, 9.17) is 9.47 Å². The summed E-state index contributed by atoms with van der Waals surface area (Å²) in [5.74, 6) is 1.93. The molecule has 0 spiro atoms. The number of nitrogens with one attached hydrogen (secondary N) is 2. The minimum Gasteiger partial charge on any atom is -0.388 e. The topological polar surface area (TPSA) is 88.5 Å². The van der Waals surface area contributed by atoms with Gasteiger partial charge in [-0.25, -0.2) is 9.97 Å². The van der Waals surface area contributed by atoms with Gasteiger partial charge in [0.05, 0.1) is 5.60 Å². The number of aromatic nitrogens is 2. The van der Waals surface area contributed by atoms with E-state index in [1.807, 2.05) is 0 Å². The number of methoxy groups -OCH3 is 2. The number of hydrogen-bond acceptors (Lipinski definition) is 7. The van der Waals surface area contributed by atoms with Crippen molar-refractivity contribution in [1.29, 1.82) is 0 Å². The molecule has 1 heterocycles. The molecule has 3 N–H and O–H groups in total. The predicted octanol–water partition coefficient (Wildman–Crippen LogP) is 0.864. The number of aliphatic hydroxyl groups is 1. The molecule has 20 heavy (non-hydrogen) atoms. The van der Waals surface area contributed by atoms with Crippen LogP contribution in [0.4, 0.5) is 11.6 Å². The standard InChI is InChI=1S/C13H24N4O3/c1-13(18,5-6-19-3)9-15-11-7-10(14-2)16-12(17-11)8-20-4/h7,18H,5-6,8-9H2,1-4H3,(H2,14,15,16,17). The average molecular weight is 284 g/mol. The van der Waals surface area contributed by atoms with Gasteiger partial charge < -0.3 is 25.2 Å². The summed E-state index contributed by atoms with van der Waals surface area (Å²) in [4.78, 5) is 8.59. The molecule has 0 saturated carbocycles. The van der Waals surface area contributed by atoms with Crippen LogP contribution in [0.25, 0.3) is 0 Å². The van der Waals surface area contributed by atoms with Crippen molar-refractivity contribution >= 4 is 11.6 Å². The molecule has 0 bridgehead atoms. The Morgan fingerprint density at radius 3 is 2.55 bits per heavy atom. The molecule has 1 aromatic heterocycles. The number of nitrogens with zero attached hydrogens (tertiary/aromatic N) is 2.